The Morgan fingerprint density at radius 2 is 1.86 bits per heavy atom. The molecule has 0 bridgehead atoms. The normalized spacial score (nSPS) is 18.1. The predicted molar refractivity (Wildman–Crippen MR) is 113 cm³/mol. The van der Waals surface area contributed by atoms with Crippen molar-refractivity contribution < 1.29 is 18.7 Å². The van der Waals surface area contributed by atoms with Gasteiger partial charge >= 0.3 is 0 Å². The lowest BCUT2D eigenvalue weighted by Gasteiger charge is -2.15. The highest BCUT2D eigenvalue weighted by molar-refractivity contribution is 8.15. The van der Waals surface area contributed by atoms with Gasteiger partial charge in [-0.1, -0.05) is 30.8 Å². The fourth-order valence-corrected chi connectivity index (χ4v) is 3.87. The van der Waals surface area contributed by atoms with Gasteiger partial charge in [-0.2, -0.15) is 5.10 Å². The van der Waals surface area contributed by atoms with Crippen LogP contribution in [-0.4, -0.2) is 41.7 Å². The topological polar surface area (TPSA) is 63.5 Å². The number of methoxy groups -OCH3 is 2. The Morgan fingerprint density at radius 3 is 2.52 bits per heavy atom. The van der Waals surface area contributed by atoms with Crippen LogP contribution in [0.1, 0.15) is 24.5 Å². The number of hydrogen-bond acceptors (Lipinski definition) is 6. The van der Waals surface area contributed by atoms with E-state index in [1.807, 2.05) is 13.0 Å². The van der Waals surface area contributed by atoms with Crippen LogP contribution in [0.3, 0.4) is 0 Å². The van der Waals surface area contributed by atoms with Gasteiger partial charge in [0.05, 0.1) is 32.2 Å². The molecule has 1 atom stereocenters. The minimum absolute atomic E-state index is 0.0121. The van der Waals surface area contributed by atoms with Crippen molar-refractivity contribution in [2.75, 3.05) is 14.2 Å². The lowest BCUT2D eigenvalue weighted by Crippen LogP contribution is -2.31. The van der Waals surface area contributed by atoms with Gasteiger partial charge in [0.1, 0.15) is 5.82 Å². The molecule has 0 radical (unpaired) electrons. The van der Waals surface area contributed by atoms with E-state index >= 15 is 0 Å². The summed E-state index contributed by atoms with van der Waals surface area (Å²) in [7, 11) is 3.14. The molecular formula is C21H22FN3O3S. The number of benzene rings is 2. The summed E-state index contributed by atoms with van der Waals surface area (Å²) in [5.41, 5.74) is 1.62. The Kier molecular flexibility index (Phi) is 6.87. The second-order valence-corrected chi connectivity index (χ2v) is 7.48. The molecule has 0 aliphatic carbocycles. The monoisotopic (exact) mass is 415 g/mol. The minimum atomic E-state index is -0.310. The molecule has 2 aromatic rings. The largest absolute Gasteiger partial charge is 0.493 e. The number of carbonyl (C=O) groups excluding carboxylic acids is 1. The van der Waals surface area contributed by atoms with Gasteiger partial charge in [0, 0.05) is 0 Å². The molecule has 0 N–H and O–H groups in total. The van der Waals surface area contributed by atoms with E-state index in [-0.39, 0.29) is 17.0 Å². The van der Waals surface area contributed by atoms with Crippen molar-refractivity contribution in [3.8, 4) is 11.5 Å². The van der Waals surface area contributed by atoms with Crippen LogP contribution in [0.25, 0.3) is 0 Å². The Bertz CT molecular complexity index is 931. The highest BCUT2D eigenvalue weighted by Crippen LogP contribution is 2.31. The summed E-state index contributed by atoms with van der Waals surface area (Å²) in [6, 6.07) is 11.5. The first-order valence-electron chi connectivity index (χ1n) is 9.11. The highest BCUT2D eigenvalue weighted by atomic mass is 32.2. The maximum atomic E-state index is 13.2. The SMILES string of the molecule is CCC1S/C(=N\N=C\c2ccc(OC)c(OC)c2)N(Cc2ccc(F)cc2)C1=O. The lowest BCUT2D eigenvalue weighted by atomic mass is 10.2. The maximum Gasteiger partial charge on any atom is 0.242 e. The first kappa shape index (κ1) is 20.9. The van der Waals surface area contributed by atoms with Crippen molar-refractivity contribution in [3.63, 3.8) is 0 Å². The Morgan fingerprint density at radius 1 is 1.14 bits per heavy atom. The van der Waals surface area contributed by atoms with Crippen molar-refractivity contribution in [1.82, 2.24) is 4.90 Å². The van der Waals surface area contributed by atoms with Gasteiger partial charge in [-0.3, -0.25) is 9.69 Å². The van der Waals surface area contributed by atoms with Gasteiger partial charge in [-0.05, 0) is 47.9 Å². The number of amidine groups is 1. The molecule has 1 amide bonds. The second kappa shape index (κ2) is 9.56. The minimum Gasteiger partial charge on any atom is -0.493 e. The molecule has 0 spiro atoms. The van der Waals surface area contributed by atoms with E-state index in [9.17, 15) is 9.18 Å². The van der Waals surface area contributed by atoms with Gasteiger partial charge < -0.3 is 9.47 Å². The fourth-order valence-electron chi connectivity index (χ4n) is 2.84. The van der Waals surface area contributed by atoms with Crippen molar-refractivity contribution >= 4 is 29.1 Å². The summed E-state index contributed by atoms with van der Waals surface area (Å²) in [6.45, 7) is 2.29. The number of halogens is 1. The van der Waals surface area contributed by atoms with E-state index in [4.69, 9.17) is 9.47 Å². The van der Waals surface area contributed by atoms with E-state index < -0.39 is 0 Å². The molecule has 2 aromatic carbocycles. The van der Waals surface area contributed by atoms with Gasteiger partial charge in [0.25, 0.3) is 0 Å². The standard InChI is InChI=1S/C21H22FN3O3S/c1-4-19-20(26)25(13-14-5-8-16(22)9-6-14)21(29-19)24-23-12-15-7-10-17(27-2)18(11-15)28-3/h5-12,19H,4,13H2,1-3H3/b23-12+,24-21-. The number of rotatable bonds is 7. The van der Waals surface area contributed by atoms with Gasteiger partial charge in [-0.25, -0.2) is 4.39 Å². The number of amides is 1. The third-order valence-corrected chi connectivity index (χ3v) is 5.73. The van der Waals surface area contributed by atoms with E-state index in [0.29, 0.717) is 29.6 Å². The zero-order valence-corrected chi connectivity index (χ0v) is 17.3. The third kappa shape index (κ3) is 4.95. The van der Waals surface area contributed by atoms with Gasteiger partial charge in [-0.15, -0.1) is 5.10 Å². The van der Waals surface area contributed by atoms with Crippen LogP contribution in [0.2, 0.25) is 0 Å². The molecule has 1 saturated heterocycles. The van der Waals surface area contributed by atoms with Crippen molar-refractivity contribution in [2.45, 2.75) is 25.1 Å². The fraction of sp³-hybridized carbons (Fsp3) is 0.286. The van der Waals surface area contributed by atoms with Crippen LogP contribution in [0, 0.1) is 5.82 Å². The quantitative estimate of drug-likeness (QED) is 0.505. The van der Waals surface area contributed by atoms with E-state index in [1.54, 1.807) is 49.6 Å². The average Bonchev–Trinajstić information content (AvgIpc) is 3.04. The lowest BCUT2D eigenvalue weighted by molar-refractivity contribution is -0.126. The zero-order valence-electron chi connectivity index (χ0n) is 16.5. The molecular weight excluding hydrogens is 393 g/mol. The smallest absolute Gasteiger partial charge is 0.242 e. The molecule has 1 fully saturated rings. The summed E-state index contributed by atoms with van der Waals surface area (Å²) in [5, 5.41) is 8.76. The first-order chi connectivity index (χ1) is 14.0. The van der Waals surface area contributed by atoms with Crippen LogP contribution in [-0.2, 0) is 11.3 Å². The summed E-state index contributed by atoms with van der Waals surface area (Å²) in [4.78, 5) is 14.3. The Hall–Kier alpha value is -2.87. The van der Waals surface area contributed by atoms with E-state index in [0.717, 1.165) is 11.1 Å². The van der Waals surface area contributed by atoms with Crippen LogP contribution >= 0.6 is 11.8 Å². The first-order valence-corrected chi connectivity index (χ1v) is 9.99. The van der Waals surface area contributed by atoms with Crippen molar-refractivity contribution in [2.24, 2.45) is 10.2 Å². The average molecular weight is 415 g/mol. The molecule has 0 saturated carbocycles. The number of carbonyl (C=O) groups is 1. The molecule has 1 heterocycles. The molecule has 1 aliphatic heterocycles. The predicted octanol–water partition coefficient (Wildman–Crippen LogP) is 4.09. The Balaban J connectivity index is 1.80. The number of nitrogens with zero attached hydrogens (tertiary/aromatic N) is 3. The third-order valence-electron chi connectivity index (χ3n) is 4.40. The van der Waals surface area contributed by atoms with Gasteiger partial charge in [0.2, 0.25) is 5.91 Å². The summed E-state index contributed by atoms with van der Waals surface area (Å²) in [6.07, 6.45) is 2.29. The summed E-state index contributed by atoms with van der Waals surface area (Å²) in [5.74, 6) is 0.903. The number of thioether (sulfide) groups is 1. The van der Waals surface area contributed by atoms with Crippen molar-refractivity contribution in [1.29, 1.82) is 0 Å². The van der Waals surface area contributed by atoms with Crippen LogP contribution < -0.4 is 9.47 Å². The Labute approximate surface area is 173 Å². The molecule has 1 unspecified atom stereocenters. The molecule has 0 aromatic heterocycles. The maximum absolute atomic E-state index is 13.2. The summed E-state index contributed by atoms with van der Waals surface area (Å²) < 4.78 is 23.7. The number of ether oxygens (including phenoxy) is 2. The second-order valence-electron chi connectivity index (χ2n) is 6.31. The zero-order chi connectivity index (χ0) is 20.8. The van der Waals surface area contributed by atoms with Crippen LogP contribution in [0.5, 0.6) is 11.5 Å². The molecule has 29 heavy (non-hydrogen) atoms. The van der Waals surface area contributed by atoms with Crippen LogP contribution in [0.15, 0.2) is 52.7 Å². The molecule has 3 rings (SSSR count). The highest BCUT2D eigenvalue weighted by Gasteiger charge is 2.36. The molecule has 152 valence electrons. The molecule has 1 aliphatic rings. The number of hydrogen-bond donors (Lipinski definition) is 0. The van der Waals surface area contributed by atoms with Gasteiger partial charge in [0.15, 0.2) is 16.7 Å². The van der Waals surface area contributed by atoms with E-state index in [1.165, 1.54) is 23.9 Å². The van der Waals surface area contributed by atoms with E-state index in [2.05, 4.69) is 10.2 Å². The van der Waals surface area contributed by atoms with Crippen molar-refractivity contribution in [3.05, 3.63) is 59.4 Å². The summed E-state index contributed by atoms with van der Waals surface area (Å²) >= 11 is 1.39. The van der Waals surface area contributed by atoms with Crippen LogP contribution in [0.4, 0.5) is 4.39 Å². The molecule has 6 nitrogen and oxygen atoms in total. The molecule has 8 heteroatoms.